The van der Waals surface area contributed by atoms with Gasteiger partial charge in [-0.1, -0.05) is 35.9 Å². The highest BCUT2D eigenvalue weighted by Gasteiger charge is 2.30. The number of nitrogens with one attached hydrogen (secondary N) is 1. The van der Waals surface area contributed by atoms with Crippen molar-refractivity contribution in [2.45, 2.75) is 31.1 Å². The third-order valence-electron chi connectivity index (χ3n) is 5.53. The Morgan fingerprint density at radius 1 is 1.03 bits per heavy atom. The van der Waals surface area contributed by atoms with E-state index in [1.165, 1.54) is 0 Å². The molecule has 5 rings (SSSR count). The summed E-state index contributed by atoms with van der Waals surface area (Å²) < 4.78 is 29.6. The topological polar surface area (TPSA) is 93.4 Å². The number of sulfonamides is 1. The smallest absolute Gasteiger partial charge is 0.261 e. The first-order valence-corrected chi connectivity index (χ1v) is 11.9. The fraction of sp³-hybridized carbons (Fsp3) is 0.208. The van der Waals surface area contributed by atoms with Crippen molar-refractivity contribution in [2.24, 2.45) is 5.92 Å². The molecule has 8 heteroatoms. The predicted molar refractivity (Wildman–Crippen MR) is 122 cm³/mol. The van der Waals surface area contributed by atoms with Gasteiger partial charge < -0.3 is 0 Å². The Balaban J connectivity index is 1.39. The van der Waals surface area contributed by atoms with Gasteiger partial charge in [0.25, 0.3) is 10.0 Å². The molecule has 0 saturated heterocycles. The van der Waals surface area contributed by atoms with E-state index in [1.54, 1.807) is 40.9 Å². The van der Waals surface area contributed by atoms with Gasteiger partial charge in [-0.2, -0.15) is 5.10 Å². The number of carbonyl (C=O) groups excluding carboxylic acids is 1. The van der Waals surface area contributed by atoms with Crippen LogP contribution in [0.3, 0.4) is 0 Å². The van der Waals surface area contributed by atoms with Crippen LogP contribution in [-0.2, 0) is 21.2 Å². The molecule has 1 aliphatic carbocycles. The molecule has 1 aliphatic rings. The molecule has 0 amide bonds. The summed E-state index contributed by atoms with van der Waals surface area (Å²) in [4.78, 5) is 16.8. The number of Topliss-reactive ketones (excluding diaryl/α,β-unsaturated/α-hetero) is 1. The first-order chi connectivity index (χ1) is 15.4. The van der Waals surface area contributed by atoms with Crippen LogP contribution >= 0.6 is 0 Å². The molecule has 32 heavy (non-hydrogen) atoms. The number of anilines is 1. The summed E-state index contributed by atoms with van der Waals surface area (Å²) in [5.41, 5.74) is 3.81. The first kappa shape index (κ1) is 20.4. The summed E-state index contributed by atoms with van der Waals surface area (Å²) >= 11 is 0. The number of hydrogen-bond acceptors (Lipinski definition) is 5. The molecule has 7 nitrogen and oxygen atoms in total. The fourth-order valence-electron chi connectivity index (χ4n) is 3.59. The van der Waals surface area contributed by atoms with Gasteiger partial charge in [-0.25, -0.2) is 17.9 Å². The van der Waals surface area contributed by atoms with Crippen LogP contribution in [0.5, 0.6) is 0 Å². The van der Waals surface area contributed by atoms with E-state index in [1.807, 2.05) is 37.3 Å². The van der Waals surface area contributed by atoms with Crippen molar-refractivity contribution in [3.05, 3.63) is 78.1 Å². The van der Waals surface area contributed by atoms with E-state index in [0.29, 0.717) is 17.2 Å². The van der Waals surface area contributed by atoms with E-state index in [2.05, 4.69) is 14.8 Å². The van der Waals surface area contributed by atoms with Crippen molar-refractivity contribution < 1.29 is 13.2 Å². The Hall–Kier alpha value is -3.52. The Morgan fingerprint density at radius 3 is 2.44 bits per heavy atom. The molecule has 0 atom stereocenters. The van der Waals surface area contributed by atoms with Gasteiger partial charge in [0, 0.05) is 17.2 Å². The summed E-state index contributed by atoms with van der Waals surface area (Å²) in [6.45, 7) is 1.91. The zero-order valence-electron chi connectivity index (χ0n) is 17.5. The SMILES string of the molecule is Cc1ccc(S(=O)(=O)Nc2ccc(-c3cccc4nc(CC(=O)C5CC5)nn34)cc2)cc1. The lowest BCUT2D eigenvalue weighted by Crippen LogP contribution is -2.12. The number of fused-ring (bicyclic) bond motifs is 1. The largest absolute Gasteiger partial charge is 0.299 e. The molecular formula is C24H22N4O3S. The fourth-order valence-corrected chi connectivity index (χ4v) is 4.65. The molecule has 162 valence electrons. The quantitative estimate of drug-likeness (QED) is 0.463. The van der Waals surface area contributed by atoms with Gasteiger partial charge in [-0.3, -0.25) is 9.52 Å². The molecule has 0 spiro atoms. The Labute approximate surface area is 186 Å². The second-order valence-electron chi connectivity index (χ2n) is 8.12. The van der Waals surface area contributed by atoms with Crippen molar-refractivity contribution in [3.63, 3.8) is 0 Å². The number of rotatable bonds is 7. The van der Waals surface area contributed by atoms with Crippen molar-refractivity contribution in [3.8, 4) is 11.3 Å². The van der Waals surface area contributed by atoms with Gasteiger partial charge in [0.2, 0.25) is 0 Å². The van der Waals surface area contributed by atoms with Crippen LogP contribution < -0.4 is 4.72 Å². The molecule has 0 unspecified atom stereocenters. The number of aromatic nitrogens is 3. The van der Waals surface area contributed by atoms with Gasteiger partial charge >= 0.3 is 0 Å². The molecule has 2 heterocycles. The standard InChI is InChI=1S/C24H22N4O3S/c1-16-5-13-20(14-6-16)32(30,31)27-19-11-9-17(10-12-19)21-3-2-4-24-25-23(26-28(21)24)15-22(29)18-7-8-18/h2-6,9-14,18,27H,7-8,15H2,1H3. The van der Waals surface area contributed by atoms with Gasteiger partial charge in [0.15, 0.2) is 11.5 Å². The summed E-state index contributed by atoms with van der Waals surface area (Å²) in [5.74, 6) is 0.904. The van der Waals surface area contributed by atoms with Crippen LogP contribution in [0.15, 0.2) is 71.6 Å². The number of benzene rings is 2. The highest BCUT2D eigenvalue weighted by atomic mass is 32.2. The van der Waals surface area contributed by atoms with Crippen LogP contribution in [0.25, 0.3) is 16.9 Å². The molecule has 0 bridgehead atoms. The van der Waals surface area contributed by atoms with Crippen molar-refractivity contribution in [1.29, 1.82) is 0 Å². The number of pyridine rings is 1. The minimum Gasteiger partial charge on any atom is -0.299 e. The lowest BCUT2D eigenvalue weighted by Gasteiger charge is -2.10. The molecule has 4 aromatic rings. The predicted octanol–water partition coefficient (Wildman–Crippen LogP) is 4.03. The zero-order chi connectivity index (χ0) is 22.3. The maximum Gasteiger partial charge on any atom is 0.261 e. The molecular weight excluding hydrogens is 424 g/mol. The van der Waals surface area contributed by atoms with E-state index in [-0.39, 0.29) is 23.0 Å². The van der Waals surface area contributed by atoms with Gasteiger partial charge in [-0.15, -0.1) is 0 Å². The number of hydrogen-bond donors (Lipinski definition) is 1. The highest BCUT2D eigenvalue weighted by molar-refractivity contribution is 7.92. The lowest BCUT2D eigenvalue weighted by molar-refractivity contribution is -0.119. The second kappa shape index (κ2) is 7.87. The minimum absolute atomic E-state index is 0.178. The summed E-state index contributed by atoms with van der Waals surface area (Å²) in [7, 11) is -3.66. The maximum atomic E-state index is 12.6. The number of carbonyl (C=O) groups is 1. The van der Waals surface area contributed by atoms with Crippen molar-refractivity contribution >= 4 is 27.1 Å². The van der Waals surface area contributed by atoms with E-state index in [9.17, 15) is 13.2 Å². The summed E-state index contributed by atoms with van der Waals surface area (Å²) in [6.07, 6.45) is 2.19. The number of ketones is 1. The van der Waals surface area contributed by atoms with Crippen molar-refractivity contribution in [2.75, 3.05) is 4.72 Å². The van der Waals surface area contributed by atoms with Crippen molar-refractivity contribution in [1.82, 2.24) is 14.6 Å². The number of aryl methyl sites for hydroxylation is 1. The summed E-state index contributed by atoms with van der Waals surface area (Å²) in [5, 5.41) is 4.54. The monoisotopic (exact) mass is 446 g/mol. The first-order valence-electron chi connectivity index (χ1n) is 10.5. The number of nitrogens with zero attached hydrogens (tertiary/aromatic N) is 3. The third-order valence-corrected chi connectivity index (χ3v) is 6.93. The highest BCUT2D eigenvalue weighted by Crippen LogP contribution is 2.31. The summed E-state index contributed by atoms with van der Waals surface area (Å²) in [6, 6.07) is 19.5. The minimum atomic E-state index is -3.66. The van der Waals surface area contributed by atoms with Gasteiger partial charge in [0.05, 0.1) is 17.0 Å². The molecule has 2 aromatic carbocycles. The third kappa shape index (κ3) is 4.13. The van der Waals surface area contributed by atoms with E-state index in [0.717, 1.165) is 29.7 Å². The average Bonchev–Trinajstić information content (AvgIpc) is 3.54. The normalized spacial score (nSPS) is 13.9. The molecule has 1 fully saturated rings. The van der Waals surface area contributed by atoms with Gasteiger partial charge in [0.1, 0.15) is 5.78 Å². The molecule has 0 aliphatic heterocycles. The molecule has 1 N–H and O–H groups in total. The Morgan fingerprint density at radius 2 is 1.75 bits per heavy atom. The van der Waals surface area contributed by atoms with E-state index >= 15 is 0 Å². The molecule has 1 saturated carbocycles. The van der Waals surface area contributed by atoms with E-state index < -0.39 is 10.0 Å². The van der Waals surface area contributed by atoms with Crippen LogP contribution in [0.4, 0.5) is 5.69 Å². The Kier molecular flexibility index (Phi) is 5.01. The molecule has 2 aromatic heterocycles. The van der Waals surface area contributed by atoms with E-state index in [4.69, 9.17) is 0 Å². The average molecular weight is 447 g/mol. The van der Waals surface area contributed by atoms with Crippen LogP contribution in [-0.4, -0.2) is 28.8 Å². The molecule has 0 radical (unpaired) electrons. The van der Waals surface area contributed by atoms with Crippen LogP contribution in [0, 0.1) is 12.8 Å². The Bertz CT molecular complexity index is 1400. The maximum absolute atomic E-state index is 12.6. The zero-order valence-corrected chi connectivity index (χ0v) is 18.3. The second-order valence-corrected chi connectivity index (χ2v) is 9.80. The lowest BCUT2D eigenvalue weighted by atomic mass is 10.1. The van der Waals surface area contributed by atoms with Gasteiger partial charge in [-0.05, 0) is 56.2 Å². The van der Waals surface area contributed by atoms with Crippen LogP contribution in [0.1, 0.15) is 24.2 Å². The van der Waals surface area contributed by atoms with Crippen LogP contribution in [0.2, 0.25) is 0 Å².